The molecule has 0 aliphatic carbocycles. The first-order valence-corrected chi connectivity index (χ1v) is 10.6. The maximum atomic E-state index is 12.8. The molecule has 0 fully saturated rings. The van der Waals surface area contributed by atoms with E-state index < -0.39 is 6.29 Å². The number of rotatable bonds is 9. The molecule has 5 heteroatoms. The second-order valence-electron chi connectivity index (χ2n) is 7.51. The van der Waals surface area contributed by atoms with E-state index in [-0.39, 0.29) is 23.8 Å². The molecule has 0 spiro atoms. The Morgan fingerprint density at radius 1 is 0.742 bits per heavy atom. The Balaban J connectivity index is 1.88. The lowest BCUT2D eigenvalue weighted by Gasteiger charge is -2.29. The van der Waals surface area contributed by atoms with Gasteiger partial charge in [0.15, 0.2) is 6.29 Å². The van der Waals surface area contributed by atoms with Crippen LogP contribution in [0.3, 0.4) is 0 Å². The number of nitrogens with one attached hydrogen (secondary N) is 3. The summed E-state index contributed by atoms with van der Waals surface area (Å²) in [6.45, 7) is 3.84. The van der Waals surface area contributed by atoms with Crippen LogP contribution < -0.4 is 16.0 Å². The van der Waals surface area contributed by atoms with E-state index in [1.165, 1.54) is 0 Å². The maximum Gasteiger partial charge on any atom is 0.253 e. The molecule has 0 aliphatic rings. The van der Waals surface area contributed by atoms with Crippen LogP contribution >= 0.6 is 0 Å². The summed E-state index contributed by atoms with van der Waals surface area (Å²) in [6.07, 6.45) is -0.0361. The number of benzene rings is 3. The molecule has 5 nitrogen and oxygen atoms in total. The average molecular weight is 416 g/mol. The smallest absolute Gasteiger partial charge is 0.253 e. The van der Waals surface area contributed by atoms with Crippen LogP contribution in [-0.2, 0) is 4.79 Å². The third-order valence-electron chi connectivity index (χ3n) is 5.26. The zero-order chi connectivity index (χ0) is 22.1. The number of hydrogen-bond donors (Lipinski definition) is 3. The minimum absolute atomic E-state index is 0.117. The minimum atomic E-state index is -0.750. The van der Waals surface area contributed by atoms with Gasteiger partial charge < -0.3 is 10.6 Å². The lowest BCUT2D eigenvalue weighted by molar-refractivity contribution is -0.125. The third kappa shape index (κ3) is 6.27. The van der Waals surface area contributed by atoms with Gasteiger partial charge in [0.1, 0.15) is 0 Å². The quantitative estimate of drug-likeness (QED) is 0.458. The van der Waals surface area contributed by atoms with Crippen LogP contribution in [0.5, 0.6) is 0 Å². The van der Waals surface area contributed by atoms with Crippen molar-refractivity contribution in [3.05, 3.63) is 108 Å². The number of hydrogen-bond acceptors (Lipinski definition) is 3. The monoisotopic (exact) mass is 415 g/mol. The Morgan fingerprint density at radius 2 is 1.23 bits per heavy atom. The molecule has 31 heavy (non-hydrogen) atoms. The summed E-state index contributed by atoms with van der Waals surface area (Å²) < 4.78 is 0. The fourth-order valence-corrected chi connectivity index (χ4v) is 3.24. The Kier molecular flexibility index (Phi) is 7.96. The summed E-state index contributed by atoms with van der Waals surface area (Å²) in [5.74, 6) is -0.541. The van der Waals surface area contributed by atoms with Crippen LogP contribution in [0.4, 0.5) is 0 Å². The molecule has 3 N–H and O–H groups in total. The molecule has 0 saturated carbocycles. The van der Waals surface area contributed by atoms with E-state index in [1.54, 1.807) is 12.1 Å². The number of amides is 2. The van der Waals surface area contributed by atoms with E-state index >= 15 is 0 Å². The van der Waals surface area contributed by atoms with E-state index in [9.17, 15) is 9.59 Å². The Labute approximate surface area is 183 Å². The van der Waals surface area contributed by atoms with E-state index in [1.807, 2.05) is 92.7 Å². The molecule has 0 bridgehead atoms. The molecule has 0 saturated heterocycles. The summed E-state index contributed by atoms with van der Waals surface area (Å²) in [5, 5.41) is 9.32. The zero-order valence-electron chi connectivity index (χ0n) is 17.9. The molecule has 3 aromatic carbocycles. The van der Waals surface area contributed by atoms with E-state index in [4.69, 9.17) is 0 Å². The van der Waals surface area contributed by atoms with Gasteiger partial charge in [0.05, 0.1) is 6.04 Å². The summed E-state index contributed by atoms with van der Waals surface area (Å²) in [6, 6.07) is 28.7. The number of carbonyl (C=O) groups excluding carboxylic acids is 2. The van der Waals surface area contributed by atoms with Crippen LogP contribution in [0.15, 0.2) is 91.0 Å². The Bertz CT molecular complexity index is 922. The summed E-state index contributed by atoms with van der Waals surface area (Å²) >= 11 is 0. The van der Waals surface area contributed by atoms with Crippen LogP contribution in [0.1, 0.15) is 47.8 Å². The van der Waals surface area contributed by atoms with Gasteiger partial charge in [-0.1, -0.05) is 92.7 Å². The topological polar surface area (TPSA) is 70.2 Å². The number of carbonyl (C=O) groups is 2. The van der Waals surface area contributed by atoms with Crippen molar-refractivity contribution >= 4 is 11.8 Å². The second kappa shape index (κ2) is 11.1. The highest BCUT2D eigenvalue weighted by Gasteiger charge is 2.23. The van der Waals surface area contributed by atoms with Crippen molar-refractivity contribution in [2.75, 3.05) is 0 Å². The summed E-state index contributed by atoms with van der Waals surface area (Å²) in [4.78, 5) is 25.5. The first-order valence-electron chi connectivity index (χ1n) is 10.6. The van der Waals surface area contributed by atoms with Crippen LogP contribution in [0.25, 0.3) is 0 Å². The van der Waals surface area contributed by atoms with Crippen molar-refractivity contribution in [1.82, 2.24) is 16.0 Å². The van der Waals surface area contributed by atoms with Gasteiger partial charge in [0.2, 0.25) is 5.91 Å². The average Bonchev–Trinajstić information content (AvgIpc) is 2.83. The van der Waals surface area contributed by atoms with Gasteiger partial charge in [-0.15, -0.1) is 0 Å². The highest BCUT2D eigenvalue weighted by molar-refractivity contribution is 5.94. The van der Waals surface area contributed by atoms with Gasteiger partial charge in [-0.3, -0.25) is 14.9 Å². The molecule has 2 amide bonds. The van der Waals surface area contributed by atoms with Gasteiger partial charge in [-0.25, -0.2) is 0 Å². The lowest BCUT2D eigenvalue weighted by Crippen LogP contribution is -2.58. The maximum absolute atomic E-state index is 12.8. The first kappa shape index (κ1) is 22.2. The standard InChI is InChI=1S/C26H29N3O2/c1-3-19(2)24(30)28-26(29-25(31)22-17-11-6-12-18-22)27-23(20-13-7-4-8-14-20)21-15-9-5-10-16-21/h4-19,23,26-27H,3H2,1-2H3,(H,28,30)(H,29,31). The molecule has 0 heterocycles. The van der Waals surface area contributed by atoms with Crippen molar-refractivity contribution in [1.29, 1.82) is 0 Å². The largest absolute Gasteiger partial charge is 0.323 e. The second-order valence-corrected chi connectivity index (χ2v) is 7.51. The fraction of sp³-hybridized carbons (Fsp3) is 0.231. The van der Waals surface area contributed by atoms with Crippen LogP contribution in [0, 0.1) is 5.92 Å². The SMILES string of the molecule is CCC(C)C(=O)NC(NC(=O)c1ccccc1)NC(c1ccccc1)c1ccccc1. The van der Waals surface area contributed by atoms with Crippen LogP contribution in [-0.4, -0.2) is 18.1 Å². The first-order chi connectivity index (χ1) is 15.1. The van der Waals surface area contributed by atoms with E-state index in [0.717, 1.165) is 11.1 Å². The third-order valence-corrected chi connectivity index (χ3v) is 5.26. The molecule has 0 aromatic heterocycles. The predicted molar refractivity (Wildman–Crippen MR) is 123 cm³/mol. The zero-order valence-corrected chi connectivity index (χ0v) is 17.9. The van der Waals surface area contributed by atoms with Gasteiger partial charge in [-0.2, -0.15) is 0 Å². The van der Waals surface area contributed by atoms with Gasteiger partial charge in [0, 0.05) is 11.5 Å². The molecular weight excluding hydrogens is 386 g/mol. The van der Waals surface area contributed by atoms with E-state index in [0.29, 0.717) is 12.0 Å². The molecule has 0 aliphatic heterocycles. The molecule has 2 atom stereocenters. The Hall–Kier alpha value is -3.44. The van der Waals surface area contributed by atoms with Crippen molar-refractivity contribution in [3.63, 3.8) is 0 Å². The molecule has 3 aromatic rings. The Morgan fingerprint density at radius 3 is 1.71 bits per heavy atom. The van der Waals surface area contributed by atoms with Crippen molar-refractivity contribution < 1.29 is 9.59 Å². The fourth-order valence-electron chi connectivity index (χ4n) is 3.24. The normalized spacial score (nSPS) is 12.7. The van der Waals surface area contributed by atoms with Crippen molar-refractivity contribution in [2.45, 2.75) is 32.6 Å². The molecule has 0 radical (unpaired) electrons. The highest BCUT2D eigenvalue weighted by atomic mass is 16.2. The highest BCUT2D eigenvalue weighted by Crippen LogP contribution is 2.22. The lowest BCUT2D eigenvalue weighted by atomic mass is 9.99. The van der Waals surface area contributed by atoms with Crippen molar-refractivity contribution in [2.24, 2.45) is 5.92 Å². The van der Waals surface area contributed by atoms with Crippen LogP contribution in [0.2, 0.25) is 0 Å². The van der Waals surface area contributed by atoms with Gasteiger partial charge in [-0.05, 0) is 29.7 Å². The summed E-state index contributed by atoms with van der Waals surface area (Å²) in [7, 11) is 0. The van der Waals surface area contributed by atoms with Gasteiger partial charge in [0.25, 0.3) is 5.91 Å². The van der Waals surface area contributed by atoms with Gasteiger partial charge >= 0.3 is 0 Å². The molecular formula is C26H29N3O2. The molecule has 2 unspecified atom stereocenters. The predicted octanol–water partition coefficient (Wildman–Crippen LogP) is 4.24. The molecule has 3 rings (SSSR count). The van der Waals surface area contributed by atoms with E-state index in [2.05, 4.69) is 16.0 Å². The van der Waals surface area contributed by atoms with Crippen molar-refractivity contribution in [3.8, 4) is 0 Å². The molecule has 160 valence electrons. The summed E-state index contributed by atoms with van der Waals surface area (Å²) in [5.41, 5.74) is 2.60. The minimum Gasteiger partial charge on any atom is -0.323 e.